The number of aryl methyl sites for hydroxylation is 2. The van der Waals surface area contributed by atoms with Crippen LogP contribution in [-0.4, -0.2) is 9.78 Å². The van der Waals surface area contributed by atoms with Crippen molar-refractivity contribution in [2.75, 3.05) is 0 Å². The van der Waals surface area contributed by atoms with Crippen molar-refractivity contribution < 1.29 is 26.7 Å². The lowest BCUT2D eigenvalue weighted by Gasteiger charge is -2.10. The third kappa shape index (κ3) is 2.61. The Morgan fingerprint density at radius 2 is 1.48 bits per heavy atom. The summed E-state index contributed by atoms with van der Waals surface area (Å²) in [5.74, 6) is -11.7. The normalized spacial score (nSPS) is 11.0. The summed E-state index contributed by atoms with van der Waals surface area (Å²) < 4.78 is 72.4. The molecule has 0 N–H and O–H groups in total. The van der Waals surface area contributed by atoms with Gasteiger partial charge in [0.25, 0.3) is 0 Å². The number of hydrogen-bond acceptors (Lipinski definition) is 2. The van der Waals surface area contributed by atoms with Gasteiger partial charge in [-0.1, -0.05) is 0 Å². The van der Waals surface area contributed by atoms with Crippen LogP contribution in [0.4, 0.5) is 22.0 Å². The molecular formula is C12H8BrF5N2O. The quantitative estimate of drug-likeness (QED) is 0.467. The van der Waals surface area contributed by atoms with E-state index >= 15 is 0 Å². The maximum atomic E-state index is 13.4. The van der Waals surface area contributed by atoms with Gasteiger partial charge in [-0.3, -0.25) is 4.68 Å². The van der Waals surface area contributed by atoms with Crippen LogP contribution in [0.1, 0.15) is 11.4 Å². The Balaban J connectivity index is 2.37. The molecule has 1 aromatic heterocycles. The molecule has 0 saturated heterocycles. The molecule has 0 bridgehead atoms. The first kappa shape index (κ1) is 15.7. The van der Waals surface area contributed by atoms with Gasteiger partial charge in [-0.15, -0.1) is 0 Å². The van der Waals surface area contributed by atoms with Crippen LogP contribution >= 0.6 is 15.9 Å². The summed E-state index contributed by atoms with van der Waals surface area (Å²) in [5.41, 5.74) is 0.977. The topological polar surface area (TPSA) is 27.1 Å². The van der Waals surface area contributed by atoms with Gasteiger partial charge < -0.3 is 4.74 Å². The van der Waals surface area contributed by atoms with Gasteiger partial charge in [0.05, 0.1) is 15.9 Å². The van der Waals surface area contributed by atoms with Crippen molar-refractivity contribution in [2.24, 2.45) is 7.05 Å². The largest absolute Gasteiger partial charge is 0.481 e. The van der Waals surface area contributed by atoms with Crippen LogP contribution in [0.25, 0.3) is 0 Å². The van der Waals surface area contributed by atoms with E-state index in [2.05, 4.69) is 21.0 Å². The molecule has 1 heterocycles. The van der Waals surface area contributed by atoms with Gasteiger partial charge in [-0.25, -0.2) is 13.2 Å². The monoisotopic (exact) mass is 370 g/mol. The minimum atomic E-state index is -2.23. The molecular weight excluding hydrogens is 363 g/mol. The van der Waals surface area contributed by atoms with Crippen molar-refractivity contribution in [2.45, 2.75) is 13.5 Å². The Morgan fingerprint density at radius 3 is 1.90 bits per heavy atom. The molecule has 1 aromatic carbocycles. The van der Waals surface area contributed by atoms with Crippen LogP contribution in [-0.2, 0) is 13.7 Å². The van der Waals surface area contributed by atoms with Crippen molar-refractivity contribution >= 4 is 15.9 Å². The first-order valence-electron chi connectivity index (χ1n) is 5.57. The average Bonchev–Trinajstić information content (AvgIpc) is 2.69. The molecule has 0 aliphatic carbocycles. The molecule has 0 radical (unpaired) electrons. The smallest absolute Gasteiger partial charge is 0.207 e. The highest BCUT2D eigenvalue weighted by Crippen LogP contribution is 2.30. The minimum absolute atomic E-state index is 0.386. The lowest BCUT2D eigenvalue weighted by molar-refractivity contribution is 0.246. The van der Waals surface area contributed by atoms with Gasteiger partial charge in [0.2, 0.25) is 29.1 Å². The average molecular weight is 371 g/mol. The molecule has 0 saturated carbocycles. The molecule has 0 fully saturated rings. The summed E-state index contributed by atoms with van der Waals surface area (Å²) in [6, 6.07) is 0. The molecule has 9 heteroatoms. The summed E-state index contributed by atoms with van der Waals surface area (Å²) in [5, 5.41) is 4.01. The molecule has 3 nitrogen and oxygen atoms in total. The number of rotatable bonds is 3. The van der Waals surface area contributed by atoms with Gasteiger partial charge in [0.1, 0.15) is 6.61 Å². The second kappa shape index (κ2) is 5.63. The van der Waals surface area contributed by atoms with Crippen LogP contribution in [0.3, 0.4) is 0 Å². The van der Waals surface area contributed by atoms with Crippen molar-refractivity contribution in [1.29, 1.82) is 0 Å². The maximum absolute atomic E-state index is 13.4. The Morgan fingerprint density at radius 1 is 1.00 bits per heavy atom. The van der Waals surface area contributed by atoms with Crippen molar-refractivity contribution in [3.05, 3.63) is 44.9 Å². The molecule has 0 spiro atoms. The maximum Gasteiger partial charge on any atom is 0.207 e. The van der Waals surface area contributed by atoms with Gasteiger partial charge >= 0.3 is 0 Å². The number of benzene rings is 1. The van der Waals surface area contributed by atoms with E-state index in [-0.39, 0.29) is 0 Å². The predicted octanol–water partition coefficient (Wildman–Crippen LogP) is 3.77. The number of ether oxygens (including phenoxy) is 1. The van der Waals surface area contributed by atoms with Crippen LogP contribution in [0.2, 0.25) is 0 Å². The van der Waals surface area contributed by atoms with Crippen molar-refractivity contribution in [1.82, 2.24) is 9.78 Å². The fraction of sp³-hybridized carbons (Fsp3) is 0.250. The van der Waals surface area contributed by atoms with Crippen LogP contribution in [0.15, 0.2) is 4.47 Å². The first-order chi connectivity index (χ1) is 9.75. The third-order valence-corrected chi connectivity index (χ3v) is 3.82. The van der Waals surface area contributed by atoms with Gasteiger partial charge in [0.15, 0.2) is 5.75 Å². The molecule has 0 aliphatic rings. The summed E-state index contributed by atoms with van der Waals surface area (Å²) in [7, 11) is 1.55. The van der Waals surface area contributed by atoms with Gasteiger partial charge in [-0.2, -0.15) is 13.9 Å². The van der Waals surface area contributed by atoms with Gasteiger partial charge in [-0.05, 0) is 22.9 Å². The zero-order valence-electron chi connectivity index (χ0n) is 10.8. The van der Waals surface area contributed by atoms with Crippen LogP contribution < -0.4 is 4.74 Å². The van der Waals surface area contributed by atoms with E-state index in [4.69, 9.17) is 4.74 Å². The summed E-state index contributed by atoms with van der Waals surface area (Å²) >= 11 is 3.19. The highest BCUT2D eigenvalue weighted by molar-refractivity contribution is 9.10. The molecule has 21 heavy (non-hydrogen) atoms. The van der Waals surface area contributed by atoms with E-state index in [1.54, 1.807) is 14.0 Å². The minimum Gasteiger partial charge on any atom is -0.481 e. The highest BCUT2D eigenvalue weighted by Gasteiger charge is 2.27. The molecule has 2 aromatic rings. The van der Waals surface area contributed by atoms with Crippen LogP contribution in [0.5, 0.6) is 5.75 Å². The summed E-state index contributed by atoms with van der Waals surface area (Å²) in [6.07, 6.45) is 0. The summed E-state index contributed by atoms with van der Waals surface area (Å²) in [4.78, 5) is 0. The molecule has 0 aliphatic heterocycles. The zero-order chi connectivity index (χ0) is 15.9. The predicted molar refractivity (Wildman–Crippen MR) is 66.2 cm³/mol. The van der Waals surface area contributed by atoms with Crippen molar-refractivity contribution in [3.8, 4) is 5.75 Å². The highest BCUT2D eigenvalue weighted by atomic mass is 79.9. The number of halogens is 6. The Bertz CT molecular complexity index is 687. The molecule has 0 unspecified atom stereocenters. The Labute approximate surface area is 124 Å². The van der Waals surface area contributed by atoms with E-state index in [1.807, 2.05) is 0 Å². The molecule has 0 atom stereocenters. The molecule has 0 amide bonds. The fourth-order valence-corrected chi connectivity index (χ4v) is 2.14. The van der Waals surface area contributed by atoms with E-state index in [9.17, 15) is 22.0 Å². The summed E-state index contributed by atoms with van der Waals surface area (Å²) in [6.45, 7) is 1.25. The molecule has 114 valence electrons. The molecule has 2 rings (SSSR count). The fourth-order valence-electron chi connectivity index (χ4n) is 1.69. The zero-order valence-corrected chi connectivity index (χ0v) is 12.4. The van der Waals surface area contributed by atoms with E-state index in [0.29, 0.717) is 15.9 Å². The SMILES string of the molecule is Cc1nn(C)c(COc2c(F)c(F)c(F)c(F)c2F)c1Br. The Hall–Kier alpha value is -1.64. The standard InChI is InChI=1S/C12H8BrF5N2O/c1-4-6(13)5(20(2)19-4)3-21-12-10(17)8(15)7(14)9(16)11(12)18/h3H2,1-2H3. The number of aromatic nitrogens is 2. The van der Waals surface area contributed by atoms with E-state index in [1.165, 1.54) is 4.68 Å². The number of nitrogens with zero attached hydrogens (tertiary/aromatic N) is 2. The van der Waals surface area contributed by atoms with E-state index < -0.39 is 41.4 Å². The van der Waals surface area contributed by atoms with Crippen molar-refractivity contribution in [3.63, 3.8) is 0 Å². The number of hydrogen-bond donors (Lipinski definition) is 0. The van der Waals surface area contributed by atoms with Gasteiger partial charge in [0, 0.05) is 7.05 Å². The third-order valence-electron chi connectivity index (χ3n) is 2.78. The second-order valence-electron chi connectivity index (χ2n) is 4.16. The first-order valence-corrected chi connectivity index (χ1v) is 6.37. The Kier molecular flexibility index (Phi) is 4.22. The van der Waals surface area contributed by atoms with Crippen LogP contribution in [0, 0.1) is 36.0 Å². The lowest BCUT2D eigenvalue weighted by atomic mass is 10.2. The van der Waals surface area contributed by atoms with E-state index in [0.717, 1.165) is 0 Å². The lowest BCUT2D eigenvalue weighted by Crippen LogP contribution is -2.09. The second-order valence-corrected chi connectivity index (χ2v) is 4.95.